The number of anilines is 1. The van der Waals surface area contributed by atoms with Crippen molar-refractivity contribution in [1.29, 1.82) is 5.26 Å². The number of aryl methyl sites for hydroxylation is 2. The average molecular weight is 258 g/mol. The summed E-state index contributed by atoms with van der Waals surface area (Å²) >= 11 is 0. The third-order valence-corrected chi connectivity index (χ3v) is 3.98. The molecule has 2 atom stereocenters. The minimum Gasteiger partial charge on any atom is -0.366 e. The average Bonchev–Trinajstić information content (AvgIpc) is 2.37. The lowest BCUT2D eigenvalue weighted by Crippen LogP contribution is -2.46. The van der Waals surface area contributed by atoms with Crippen LogP contribution in [-0.2, 0) is 0 Å². The predicted molar refractivity (Wildman–Crippen MR) is 77.0 cm³/mol. The van der Waals surface area contributed by atoms with Crippen molar-refractivity contribution in [3.05, 3.63) is 23.0 Å². The molecule has 0 radical (unpaired) electrons. The summed E-state index contributed by atoms with van der Waals surface area (Å²) in [6.07, 6.45) is 2.25. The van der Waals surface area contributed by atoms with E-state index < -0.39 is 0 Å². The van der Waals surface area contributed by atoms with Crippen LogP contribution < -0.4 is 10.6 Å². The highest BCUT2D eigenvalue weighted by molar-refractivity contribution is 5.62. The van der Waals surface area contributed by atoms with Crippen LogP contribution in [0.2, 0.25) is 0 Å². The summed E-state index contributed by atoms with van der Waals surface area (Å²) < 4.78 is 0. The molecule has 1 aliphatic heterocycles. The van der Waals surface area contributed by atoms with E-state index in [1.54, 1.807) is 0 Å². The Morgan fingerprint density at radius 3 is 2.89 bits per heavy atom. The molecule has 0 spiro atoms. The molecule has 1 aliphatic rings. The fourth-order valence-electron chi connectivity index (χ4n) is 2.96. The normalized spacial score (nSPS) is 23.2. The first-order valence-electron chi connectivity index (χ1n) is 6.91. The van der Waals surface area contributed by atoms with Crippen LogP contribution >= 0.6 is 0 Å². The predicted octanol–water partition coefficient (Wildman–Crippen LogP) is 2.13. The SMILES string of the molecule is Cc1cc(N2CCC(C)CC2CN)c(C#N)c(C)n1. The Bertz CT molecular complexity index is 504. The van der Waals surface area contributed by atoms with E-state index in [2.05, 4.69) is 22.9 Å². The van der Waals surface area contributed by atoms with Gasteiger partial charge in [0.05, 0.1) is 16.9 Å². The van der Waals surface area contributed by atoms with Crippen LogP contribution in [0.3, 0.4) is 0 Å². The second-order valence-corrected chi connectivity index (χ2v) is 5.57. The minimum atomic E-state index is 0.331. The van der Waals surface area contributed by atoms with Crippen LogP contribution in [0, 0.1) is 31.1 Å². The number of rotatable bonds is 2. The first-order chi connectivity index (χ1) is 9.06. The van der Waals surface area contributed by atoms with Gasteiger partial charge in [-0.3, -0.25) is 4.98 Å². The minimum absolute atomic E-state index is 0.331. The van der Waals surface area contributed by atoms with Gasteiger partial charge >= 0.3 is 0 Å². The maximum atomic E-state index is 9.38. The van der Waals surface area contributed by atoms with Crippen molar-refractivity contribution in [3.8, 4) is 6.07 Å². The van der Waals surface area contributed by atoms with Gasteiger partial charge in [-0.15, -0.1) is 0 Å². The van der Waals surface area contributed by atoms with Crippen molar-refractivity contribution in [2.24, 2.45) is 11.7 Å². The lowest BCUT2D eigenvalue weighted by atomic mass is 9.91. The van der Waals surface area contributed by atoms with Gasteiger partial charge in [0, 0.05) is 24.8 Å². The molecule has 1 aromatic rings. The summed E-state index contributed by atoms with van der Waals surface area (Å²) in [6, 6.07) is 4.65. The van der Waals surface area contributed by atoms with Gasteiger partial charge < -0.3 is 10.6 Å². The van der Waals surface area contributed by atoms with Crippen LogP contribution in [0.15, 0.2) is 6.07 Å². The molecule has 2 N–H and O–H groups in total. The molecule has 0 bridgehead atoms. The number of pyridine rings is 1. The van der Waals surface area contributed by atoms with E-state index in [0.29, 0.717) is 24.1 Å². The van der Waals surface area contributed by atoms with E-state index in [9.17, 15) is 5.26 Å². The molecule has 2 rings (SSSR count). The van der Waals surface area contributed by atoms with Crippen molar-refractivity contribution >= 4 is 5.69 Å². The van der Waals surface area contributed by atoms with E-state index in [4.69, 9.17) is 5.73 Å². The molecule has 19 heavy (non-hydrogen) atoms. The standard InChI is InChI=1S/C15H22N4/c1-10-4-5-19(13(6-10)8-16)15-7-11(2)18-12(3)14(15)9-17/h7,10,13H,4-6,8,16H2,1-3H3. The number of hydrogen-bond donors (Lipinski definition) is 1. The molecule has 2 heterocycles. The number of piperidine rings is 1. The van der Waals surface area contributed by atoms with E-state index in [1.807, 2.05) is 19.9 Å². The molecule has 2 unspecified atom stereocenters. The van der Waals surface area contributed by atoms with E-state index in [1.165, 1.54) is 0 Å². The van der Waals surface area contributed by atoms with Gasteiger partial charge in [-0.2, -0.15) is 5.26 Å². The molecule has 4 nitrogen and oxygen atoms in total. The summed E-state index contributed by atoms with van der Waals surface area (Å²) in [5, 5.41) is 9.38. The van der Waals surface area contributed by atoms with Gasteiger partial charge in [0.15, 0.2) is 0 Å². The van der Waals surface area contributed by atoms with Crippen molar-refractivity contribution in [2.75, 3.05) is 18.0 Å². The summed E-state index contributed by atoms with van der Waals surface area (Å²) in [6.45, 7) is 7.76. The molecule has 1 saturated heterocycles. The lowest BCUT2D eigenvalue weighted by molar-refractivity contribution is 0.366. The van der Waals surface area contributed by atoms with E-state index in [-0.39, 0.29) is 0 Å². The quantitative estimate of drug-likeness (QED) is 0.882. The zero-order valence-corrected chi connectivity index (χ0v) is 12.0. The molecular weight excluding hydrogens is 236 g/mol. The zero-order valence-electron chi connectivity index (χ0n) is 12.0. The fraction of sp³-hybridized carbons (Fsp3) is 0.600. The van der Waals surface area contributed by atoms with Gasteiger partial charge in [0.2, 0.25) is 0 Å². The second-order valence-electron chi connectivity index (χ2n) is 5.57. The molecule has 4 heteroatoms. The van der Waals surface area contributed by atoms with Gasteiger partial charge in [0.25, 0.3) is 0 Å². The Kier molecular flexibility index (Phi) is 4.06. The summed E-state index contributed by atoms with van der Waals surface area (Å²) in [5.74, 6) is 0.708. The number of aromatic nitrogens is 1. The van der Waals surface area contributed by atoms with Crippen LogP contribution in [-0.4, -0.2) is 24.1 Å². The molecule has 1 fully saturated rings. The van der Waals surface area contributed by atoms with Crippen molar-refractivity contribution in [1.82, 2.24) is 4.98 Å². The molecule has 1 aromatic heterocycles. The Balaban J connectivity index is 2.43. The molecule has 0 aliphatic carbocycles. The van der Waals surface area contributed by atoms with Crippen molar-refractivity contribution in [2.45, 2.75) is 39.7 Å². The van der Waals surface area contributed by atoms with Gasteiger partial charge in [-0.05, 0) is 38.7 Å². The van der Waals surface area contributed by atoms with E-state index >= 15 is 0 Å². The number of nitriles is 1. The van der Waals surface area contributed by atoms with Crippen LogP contribution in [0.1, 0.15) is 36.7 Å². The number of hydrogen-bond acceptors (Lipinski definition) is 4. The maximum absolute atomic E-state index is 9.38. The lowest BCUT2D eigenvalue weighted by Gasteiger charge is -2.40. The monoisotopic (exact) mass is 258 g/mol. The van der Waals surface area contributed by atoms with Crippen LogP contribution in [0.5, 0.6) is 0 Å². The summed E-state index contributed by atoms with van der Waals surface area (Å²) in [4.78, 5) is 6.69. The fourth-order valence-corrected chi connectivity index (χ4v) is 2.96. The van der Waals surface area contributed by atoms with Crippen molar-refractivity contribution < 1.29 is 0 Å². The Morgan fingerprint density at radius 1 is 1.53 bits per heavy atom. The van der Waals surface area contributed by atoms with Gasteiger partial charge in [-0.25, -0.2) is 0 Å². The third kappa shape index (κ3) is 2.71. The van der Waals surface area contributed by atoms with Gasteiger partial charge in [-0.1, -0.05) is 6.92 Å². The van der Waals surface area contributed by atoms with Crippen LogP contribution in [0.4, 0.5) is 5.69 Å². The number of nitrogens with zero attached hydrogens (tertiary/aromatic N) is 3. The Labute approximate surface area is 115 Å². The third-order valence-electron chi connectivity index (χ3n) is 3.98. The summed E-state index contributed by atoms with van der Waals surface area (Å²) in [7, 11) is 0. The highest BCUT2D eigenvalue weighted by Gasteiger charge is 2.27. The van der Waals surface area contributed by atoms with Crippen LogP contribution in [0.25, 0.3) is 0 Å². The molecule has 0 amide bonds. The highest BCUT2D eigenvalue weighted by Crippen LogP contribution is 2.31. The molecular formula is C15H22N4. The van der Waals surface area contributed by atoms with Crippen molar-refractivity contribution in [3.63, 3.8) is 0 Å². The largest absolute Gasteiger partial charge is 0.366 e. The summed E-state index contributed by atoms with van der Waals surface area (Å²) in [5.41, 5.74) is 9.39. The smallest absolute Gasteiger partial charge is 0.103 e. The first-order valence-corrected chi connectivity index (χ1v) is 6.91. The number of nitrogens with two attached hydrogens (primary N) is 1. The Morgan fingerprint density at radius 2 is 2.26 bits per heavy atom. The Hall–Kier alpha value is -1.60. The highest BCUT2D eigenvalue weighted by atomic mass is 15.2. The van der Waals surface area contributed by atoms with E-state index in [0.717, 1.165) is 36.5 Å². The second kappa shape index (κ2) is 5.58. The molecule has 0 saturated carbocycles. The molecule has 102 valence electrons. The topological polar surface area (TPSA) is 65.9 Å². The maximum Gasteiger partial charge on any atom is 0.103 e. The van der Waals surface area contributed by atoms with Gasteiger partial charge in [0.1, 0.15) is 6.07 Å². The first kappa shape index (κ1) is 13.8. The zero-order chi connectivity index (χ0) is 14.0. The molecule has 0 aromatic carbocycles.